The van der Waals surface area contributed by atoms with Crippen molar-refractivity contribution in [1.29, 1.82) is 5.26 Å². The lowest BCUT2D eigenvalue weighted by Crippen LogP contribution is -2.41. The van der Waals surface area contributed by atoms with E-state index in [0.29, 0.717) is 18.6 Å². The molecule has 1 aliphatic carbocycles. The fourth-order valence-electron chi connectivity index (χ4n) is 2.42. The molecule has 1 atom stereocenters. The minimum Gasteiger partial charge on any atom is -0.385 e. The number of nitriles is 1. The van der Waals surface area contributed by atoms with Crippen LogP contribution >= 0.6 is 0 Å². The van der Waals surface area contributed by atoms with E-state index in [4.69, 9.17) is 10.00 Å². The molecule has 1 rings (SSSR count). The normalized spacial score (nSPS) is 19.3. The summed E-state index contributed by atoms with van der Waals surface area (Å²) in [4.78, 5) is 2.35. The van der Waals surface area contributed by atoms with Gasteiger partial charge in [0.15, 0.2) is 0 Å². The summed E-state index contributed by atoms with van der Waals surface area (Å²) in [5, 5.41) is 8.85. The molecule has 0 amide bonds. The Morgan fingerprint density at radius 2 is 2.13 bits per heavy atom. The lowest BCUT2D eigenvalue weighted by Gasteiger charge is -2.32. The van der Waals surface area contributed by atoms with Gasteiger partial charge in [-0.15, -0.1) is 0 Å². The Hall–Kier alpha value is -0.590. The van der Waals surface area contributed by atoms with Crippen LogP contribution in [0.15, 0.2) is 0 Å². The fourth-order valence-corrected chi connectivity index (χ4v) is 2.42. The van der Waals surface area contributed by atoms with Crippen molar-refractivity contribution < 1.29 is 4.74 Å². The first kappa shape index (κ1) is 12.5. The number of hydrogen-bond acceptors (Lipinski definition) is 3. The van der Waals surface area contributed by atoms with Crippen LogP contribution in [-0.4, -0.2) is 37.2 Å². The van der Waals surface area contributed by atoms with E-state index in [1.165, 1.54) is 25.7 Å². The molecular weight excluding hydrogens is 188 g/mol. The van der Waals surface area contributed by atoms with Crippen LogP contribution in [0, 0.1) is 11.3 Å². The third kappa shape index (κ3) is 3.81. The average molecular weight is 210 g/mol. The van der Waals surface area contributed by atoms with E-state index < -0.39 is 0 Å². The van der Waals surface area contributed by atoms with Gasteiger partial charge in [0.05, 0.1) is 12.6 Å². The highest BCUT2D eigenvalue weighted by Gasteiger charge is 2.25. The third-order valence-corrected chi connectivity index (χ3v) is 3.35. The van der Waals surface area contributed by atoms with Crippen LogP contribution in [0.5, 0.6) is 0 Å². The molecule has 15 heavy (non-hydrogen) atoms. The van der Waals surface area contributed by atoms with Crippen molar-refractivity contribution in [2.45, 2.75) is 51.1 Å². The highest BCUT2D eigenvalue weighted by atomic mass is 16.5. The maximum Gasteiger partial charge on any atom is 0.0870 e. The number of rotatable bonds is 6. The molecule has 0 aliphatic heterocycles. The predicted molar refractivity (Wildman–Crippen MR) is 60.5 cm³/mol. The van der Waals surface area contributed by atoms with Crippen molar-refractivity contribution in [3.63, 3.8) is 0 Å². The summed E-state index contributed by atoms with van der Waals surface area (Å²) in [7, 11) is 1.73. The topological polar surface area (TPSA) is 36.3 Å². The Balaban J connectivity index is 2.44. The second-order valence-electron chi connectivity index (χ2n) is 4.40. The van der Waals surface area contributed by atoms with Gasteiger partial charge in [-0.25, -0.2) is 0 Å². The maximum atomic E-state index is 8.85. The smallest absolute Gasteiger partial charge is 0.0870 e. The quantitative estimate of drug-likeness (QED) is 0.630. The molecule has 1 saturated carbocycles. The molecule has 3 nitrogen and oxygen atoms in total. The lowest BCUT2D eigenvalue weighted by atomic mass is 10.1. The van der Waals surface area contributed by atoms with Gasteiger partial charge in [-0.3, -0.25) is 4.90 Å². The van der Waals surface area contributed by atoms with E-state index in [1.807, 2.05) is 0 Å². The summed E-state index contributed by atoms with van der Waals surface area (Å²) >= 11 is 0. The van der Waals surface area contributed by atoms with Crippen LogP contribution in [-0.2, 0) is 4.74 Å². The van der Waals surface area contributed by atoms with Gasteiger partial charge in [0.2, 0.25) is 0 Å². The Morgan fingerprint density at radius 3 is 2.67 bits per heavy atom. The maximum absolute atomic E-state index is 8.85. The van der Waals surface area contributed by atoms with Crippen LogP contribution in [0.4, 0.5) is 0 Å². The Morgan fingerprint density at radius 1 is 1.47 bits per heavy atom. The zero-order valence-electron chi connectivity index (χ0n) is 9.91. The van der Waals surface area contributed by atoms with Crippen molar-refractivity contribution in [3.8, 4) is 6.07 Å². The van der Waals surface area contributed by atoms with Crippen molar-refractivity contribution in [3.05, 3.63) is 0 Å². The minimum absolute atomic E-state index is 0.465. The molecule has 0 aromatic heterocycles. The van der Waals surface area contributed by atoms with Gasteiger partial charge in [-0.2, -0.15) is 5.26 Å². The fraction of sp³-hybridized carbons (Fsp3) is 0.917. The van der Waals surface area contributed by atoms with Crippen molar-refractivity contribution in [1.82, 2.24) is 4.90 Å². The molecular formula is C12H22N2O. The van der Waals surface area contributed by atoms with Crippen LogP contribution in [0.2, 0.25) is 0 Å². The Kier molecular flexibility index (Phi) is 5.67. The third-order valence-electron chi connectivity index (χ3n) is 3.35. The number of hydrogen-bond donors (Lipinski definition) is 0. The van der Waals surface area contributed by atoms with Crippen LogP contribution in [0.25, 0.3) is 0 Å². The van der Waals surface area contributed by atoms with Crippen molar-refractivity contribution in [2.24, 2.45) is 0 Å². The van der Waals surface area contributed by atoms with Gasteiger partial charge in [0, 0.05) is 25.8 Å². The van der Waals surface area contributed by atoms with E-state index in [1.54, 1.807) is 7.11 Å². The molecule has 3 heteroatoms. The van der Waals surface area contributed by atoms with Gasteiger partial charge >= 0.3 is 0 Å². The first-order valence-electron chi connectivity index (χ1n) is 5.91. The Labute approximate surface area is 93.0 Å². The molecule has 0 spiro atoms. The highest BCUT2D eigenvalue weighted by molar-refractivity contribution is 4.87. The SMILES string of the molecule is COCCC(C)N(CC#N)C1CCCC1. The van der Waals surface area contributed by atoms with Crippen molar-refractivity contribution >= 4 is 0 Å². The summed E-state index contributed by atoms with van der Waals surface area (Å²) in [5.41, 5.74) is 0. The summed E-state index contributed by atoms with van der Waals surface area (Å²) in [6.45, 7) is 3.56. The Bertz CT molecular complexity index is 206. The average Bonchev–Trinajstić information content (AvgIpc) is 2.75. The van der Waals surface area contributed by atoms with Gasteiger partial charge in [0.25, 0.3) is 0 Å². The molecule has 0 aromatic rings. The second kappa shape index (κ2) is 6.81. The van der Waals surface area contributed by atoms with E-state index in [9.17, 15) is 0 Å². The standard InChI is InChI=1S/C12H22N2O/c1-11(7-10-15-2)14(9-8-13)12-5-3-4-6-12/h11-12H,3-7,9-10H2,1-2H3. The molecule has 0 aromatic carbocycles. The molecule has 0 heterocycles. The molecule has 86 valence electrons. The molecule has 1 aliphatic rings. The van der Waals surface area contributed by atoms with Crippen LogP contribution in [0.1, 0.15) is 39.0 Å². The molecule has 0 saturated heterocycles. The lowest BCUT2D eigenvalue weighted by molar-refractivity contribution is 0.118. The summed E-state index contributed by atoms with van der Waals surface area (Å²) < 4.78 is 5.09. The van der Waals surface area contributed by atoms with E-state index >= 15 is 0 Å². The summed E-state index contributed by atoms with van der Waals surface area (Å²) in [6.07, 6.45) is 6.19. The molecule has 0 bridgehead atoms. The second-order valence-corrected chi connectivity index (χ2v) is 4.40. The molecule has 1 fully saturated rings. The van der Waals surface area contributed by atoms with E-state index in [2.05, 4.69) is 17.9 Å². The zero-order chi connectivity index (χ0) is 11.1. The highest BCUT2D eigenvalue weighted by Crippen LogP contribution is 2.25. The van der Waals surface area contributed by atoms with Gasteiger partial charge in [0.1, 0.15) is 0 Å². The van der Waals surface area contributed by atoms with Crippen molar-refractivity contribution in [2.75, 3.05) is 20.3 Å². The number of methoxy groups -OCH3 is 1. The number of nitrogens with zero attached hydrogens (tertiary/aromatic N) is 2. The zero-order valence-corrected chi connectivity index (χ0v) is 9.91. The van der Waals surface area contributed by atoms with Gasteiger partial charge < -0.3 is 4.74 Å². The van der Waals surface area contributed by atoms with E-state index in [0.717, 1.165) is 13.0 Å². The summed E-state index contributed by atoms with van der Waals surface area (Å²) in [6, 6.07) is 3.39. The van der Waals surface area contributed by atoms with Crippen LogP contribution in [0.3, 0.4) is 0 Å². The van der Waals surface area contributed by atoms with Crippen LogP contribution < -0.4 is 0 Å². The first-order chi connectivity index (χ1) is 7.29. The number of ether oxygens (including phenoxy) is 1. The molecule has 0 N–H and O–H groups in total. The summed E-state index contributed by atoms with van der Waals surface area (Å²) in [5.74, 6) is 0. The van der Waals surface area contributed by atoms with Gasteiger partial charge in [-0.1, -0.05) is 12.8 Å². The first-order valence-corrected chi connectivity index (χ1v) is 5.91. The molecule has 0 radical (unpaired) electrons. The monoisotopic (exact) mass is 210 g/mol. The molecule has 1 unspecified atom stereocenters. The predicted octanol–water partition coefficient (Wildman–Crippen LogP) is 2.18. The van der Waals surface area contributed by atoms with E-state index in [-0.39, 0.29) is 0 Å². The van der Waals surface area contributed by atoms with Gasteiger partial charge in [-0.05, 0) is 26.2 Å². The largest absolute Gasteiger partial charge is 0.385 e. The minimum atomic E-state index is 0.465.